The average molecular weight is 291 g/mol. The largest absolute Gasteiger partial charge is 0.482 e. The van der Waals surface area contributed by atoms with E-state index < -0.39 is 5.97 Å². The van der Waals surface area contributed by atoms with Gasteiger partial charge in [-0.25, -0.2) is 4.79 Å². The minimum Gasteiger partial charge on any atom is -0.482 e. The maximum Gasteiger partial charge on any atom is 0.344 e. The Hall–Kier alpha value is -2.04. The number of ether oxygens (including phenoxy) is 2. The van der Waals surface area contributed by atoms with Gasteiger partial charge in [0.15, 0.2) is 13.2 Å². The van der Waals surface area contributed by atoms with Crippen LogP contribution < -0.4 is 10.1 Å². The number of benzene rings is 1. The van der Waals surface area contributed by atoms with Crippen molar-refractivity contribution in [3.63, 3.8) is 0 Å². The van der Waals surface area contributed by atoms with Gasteiger partial charge in [0.25, 0.3) is 5.91 Å². The van der Waals surface area contributed by atoms with Gasteiger partial charge in [0.2, 0.25) is 0 Å². The molecule has 5 nitrogen and oxygen atoms in total. The molecule has 1 aromatic carbocycles. The van der Waals surface area contributed by atoms with Crippen LogP contribution in [-0.4, -0.2) is 31.1 Å². The zero-order valence-corrected chi connectivity index (χ0v) is 12.3. The third-order valence-corrected chi connectivity index (χ3v) is 3.43. The summed E-state index contributed by atoms with van der Waals surface area (Å²) >= 11 is 0. The molecular weight excluding hydrogens is 270 g/mol. The fraction of sp³-hybridized carbons (Fsp3) is 0.500. The van der Waals surface area contributed by atoms with Crippen molar-refractivity contribution in [2.24, 2.45) is 0 Å². The average Bonchev–Trinajstić information content (AvgIpc) is 2.96. The number of aryl methyl sites for hydroxylation is 1. The van der Waals surface area contributed by atoms with Gasteiger partial charge in [-0.3, -0.25) is 4.79 Å². The number of esters is 1. The second kappa shape index (κ2) is 7.67. The van der Waals surface area contributed by atoms with Crippen molar-refractivity contribution < 1.29 is 19.1 Å². The Labute approximate surface area is 124 Å². The highest BCUT2D eigenvalue weighted by Crippen LogP contribution is 2.17. The van der Waals surface area contributed by atoms with Crippen LogP contribution in [0.15, 0.2) is 24.3 Å². The Morgan fingerprint density at radius 2 is 2.00 bits per heavy atom. The summed E-state index contributed by atoms with van der Waals surface area (Å²) in [4.78, 5) is 23.1. The SMILES string of the molecule is Cc1cccc(OCC(=O)OCC(=O)NC2CCCC2)c1. The van der Waals surface area contributed by atoms with E-state index in [1.807, 2.05) is 25.1 Å². The monoisotopic (exact) mass is 291 g/mol. The molecule has 2 rings (SSSR count). The fourth-order valence-electron chi connectivity index (χ4n) is 2.37. The molecule has 0 bridgehead atoms. The van der Waals surface area contributed by atoms with E-state index in [0.717, 1.165) is 31.2 Å². The van der Waals surface area contributed by atoms with Gasteiger partial charge in [-0.05, 0) is 37.5 Å². The highest BCUT2D eigenvalue weighted by molar-refractivity contribution is 5.81. The first-order valence-electron chi connectivity index (χ1n) is 7.28. The van der Waals surface area contributed by atoms with Gasteiger partial charge < -0.3 is 14.8 Å². The van der Waals surface area contributed by atoms with Gasteiger partial charge in [-0.1, -0.05) is 25.0 Å². The smallest absolute Gasteiger partial charge is 0.344 e. The first kappa shape index (κ1) is 15.4. The van der Waals surface area contributed by atoms with Crippen LogP contribution in [-0.2, 0) is 14.3 Å². The van der Waals surface area contributed by atoms with Gasteiger partial charge >= 0.3 is 5.97 Å². The van der Waals surface area contributed by atoms with Gasteiger partial charge in [0.1, 0.15) is 5.75 Å². The van der Waals surface area contributed by atoms with E-state index >= 15 is 0 Å². The lowest BCUT2D eigenvalue weighted by molar-refractivity contribution is -0.150. The van der Waals surface area contributed by atoms with Crippen LogP contribution in [0, 0.1) is 6.92 Å². The molecule has 1 saturated carbocycles. The number of nitrogens with one attached hydrogen (secondary N) is 1. The van der Waals surface area contributed by atoms with Crippen LogP contribution in [0.2, 0.25) is 0 Å². The van der Waals surface area contributed by atoms with Crippen molar-refractivity contribution in [3.8, 4) is 5.75 Å². The lowest BCUT2D eigenvalue weighted by Crippen LogP contribution is -2.36. The van der Waals surface area contributed by atoms with E-state index in [1.54, 1.807) is 6.07 Å². The predicted octanol–water partition coefficient (Wildman–Crippen LogP) is 1.98. The van der Waals surface area contributed by atoms with Crippen LogP contribution in [0.25, 0.3) is 0 Å². The van der Waals surface area contributed by atoms with E-state index in [9.17, 15) is 9.59 Å². The van der Waals surface area contributed by atoms with E-state index in [-0.39, 0.29) is 25.2 Å². The van der Waals surface area contributed by atoms with Crippen LogP contribution in [0.4, 0.5) is 0 Å². The van der Waals surface area contributed by atoms with Crippen LogP contribution in [0.3, 0.4) is 0 Å². The summed E-state index contributed by atoms with van der Waals surface area (Å²) in [5, 5.41) is 2.86. The molecule has 1 fully saturated rings. The maximum atomic E-state index is 11.6. The molecule has 5 heteroatoms. The predicted molar refractivity (Wildman–Crippen MR) is 78.0 cm³/mol. The fourth-order valence-corrected chi connectivity index (χ4v) is 2.37. The topological polar surface area (TPSA) is 64.6 Å². The zero-order chi connectivity index (χ0) is 15.1. The van der Waals surface area contributed by atoms with Crippen molar-refractivity contribution in [3.05, 3.63) is 29.8 Å². The molecule has 1 N–H and O–H groups in total. The van der Waals surface area contributed by atoms with Crippen molar-refractivity contribution in [2.45, 2.75) is 38.6 Å². The van der Waals surface area contributed by atoms with Crippen LogP contribution >= 0.6 is 0 Å². The molecule has 0 spiro atoms. The minimum absolute atomic E-state index is 0.194. The second-order valence-electron chi connectivity index (χ2n) is 5.31. The summed E-state index contributed by atoms with van der Waals surface area (Å²) in [6.07, 6.45) is 4.32. The standard InChI is InChI=1S/C16H21NO4/c1-12-5-4-8-14(9-12)20-11-16(19)21-10-15(18)17-13-6-2-3-7-13/h4-5,8-9,13H,2-3,6-7,10-11H2,1H3,(H,17,18). The van der Waals surface area contributed by atoms with E-state index in [0.29, 0.717) is 5.75 Å². The zero-order valence-electron chi connectivity index (χ0n) is 12.3. The normalized spacial score (nSPS) is 14.7. The number of rotatable bonds is 6. The van der Waals surface area contributed by atoms with Gasteiger partial charge in [0, 0.05) is 6.04 Å². The summed E-state index contributed by atoms with van der Waals surface area (Å²) in [6, 6.07) is 7.64. The Kier molecular flexibility index (Phi) is 5.60. The summed E-state index contributed by atoms with van der Waals surface area (Å²) in [5.41, 5.74) is 1.05. The molecule has 1 aliphatic rings. The van der Waals surface area contributed by atoms with Gasteiger partial charge in [-0.15, -0.1) is 0 Å². The minimum atomic E-state index is -0.543. The Morgan fingerprint density at radius 3 is 2.71 bits per heavy atom. The number of carbonyl (C=O) groups is 2. The molecule has 1 aromatic rings. The van der Waals surface area contributed by atoms with Crippen LogP contribution in [0.5, 0.6) is 5.75 Å². The quantitative estimate of drug-likeness (QED) is 0.814. The number of amides is 1. The third kappa shape index (κ3) is 5.45. The van der Waals surface area contributed by atoms with Crippen molar-refractivity contribution in [2.75, 3.05) is 13.2 Å². The maximum absolute atomic E-state index is 11.6. The Bertz CT molecular complexity index is 495. The molecule has 1 amide bonds. The first-order chi connectivity index (χ1) is 10.1. The van der Waals surface area contributed by atoms with E-state index in [2.05, 4.69) is 5.32 Å². The third-order valence-electron chi connectivity index (χ3n) is 3.43. The molecule has 0 unspecified atom stereocenters. The summed E-state index contributed by atoms with van der Waals surface area (Å²) in [7, 11) is 0. The Balaban J connectivity index is 1.64. The molecule has 0 saturated heterocycles. The molecule has 0 heterocycles. The van der Waals surface area contributed by atoms with Crippen molar-refractivity contribution in [1.82, 2.24) is 5.32 Å². The lowest BCUT2D eigenvalue weighted by Gasteiger charge is -2.12. The number of hydrogen-bond acceptors (Lipinski definition) is 4. The second-order valence-corrected chi connectivity index (χ2v) is 5.31. The molecule has 21 heavy (non-hydrogen) atoms. The highest BCUT2D eigenvalue weighted by Gasteiger charge is 2.17. The molecule has 0 aliphatic heterocycles. The summed E-state index contributed by atoms with van der Waals surface area (Å²) < 4.78 is 10.2. The molecule has 0 atom stereocenters. The molecule has 0 radical (unpaired) electrons. The van der Waals surface area contributed by atoms with Gasteiger partial charge in [-0.2, -0.15) is 0 Å². The van der Waals surface area contributed by atoms with Crippen molar-refractivity contribution in [1.29, 1.82) is 0 Å². The van der Waals surface area contributed by atoms with Crippen molar-refractivity contribution >= 4 is 11.9 Å². The van der Waals surface area contributed by atoms with Crippen LogP contribution in [0.1, 0.15) is 31.2 Å². The number of carbonyl (C=O) groups excluding carboxylic acids is 2. The summed E-state index contributed by atoms with van der Waals surface area (Å²) in [5.74, 6) is -0.175. The van der Waals surface area contributed by atoms with E-state index in [1.165, 1.54) is 0 Å². The molecule has 114 valence electrons. The first-order valence-corrected chi connectivity index (χ1v) is 7.28. The Morgan fingerprint density at radius 1 is 1.24 bits per heavy atom. The molecular formula is C16H21NO4. The van der Waals surface area contributed by atoms with E-state index in [4.69, 9.17) is 9.47 Å². The van der Waals surface area contributed by atoms with Gasteiger partial charge in [0.05, 0.1) is 0 Å². The summed E-state index contributed by atoms with van der Waals surface area (Å²) in [6.45, 7) is 1.51. The lowest BCUT2D eigenvalue weighted by atomic mass is 10.2. The highest BCUT2D eigenvalue weighted by atomic mass is 16.6. The molecule has 0 aromatic heterocycles. The molecule has 1 aliphatic carbocycles. The number of hydrogen-bond donors (Lipinski definition) is 1.